The molecule has 0 aliphatic heterocycles. The average Bonchev–Trinajstić information content (AvgIpc) is 3.27. The Labute approximate surface area is 171 Å². The molecule has 0 spiro atoms. The van der Waals surface area contributed by atoms with E-state index in [1.54, 1.807) is 25.1 Å². The molecular weight excluding hydrogens is 382 g/mol. The molecule has 0 atom stereocenters. The van der Waals surface area contributed by atoms with Crippen molar-refractivity contribution in [3.63, 3.8) is 0 Å². The molecule has 0 aliphatic rings. The van der Waals surface area contributed by atoms with Crippen LogP contribution in [0.25, 0.3) is 22.0 Å². The molecule has 0 saturated carbocycles. The Morgan fingerprint density at radius 1 is 1.03 bits per heavy atom. The van der Waals surface area contributed by atoms with Crippen LogP contribution in [0, 0.1) is 10.1 Å². The van der Waals surface area contributed by atoms with E-state index >= 15 is 0 Å². The first kappa shape index (κ1) is 19.0. The number of hydrogen-bond donors (Lipinski definition) is 2. The van der Waals surface area contributed by atoms with Gasteiger partial charge in [0.25, 0.3) is 11.6 Å². The van der Waals surface area contributed by atoms with Gasteiger partial charge in [-0.2, -0.15) is 10.2 Å². The Hall–Kier alpha value is -4.33. The third-order valence-corrected chi connectivity index (χ3v) is 4.67. The highest BCUT2D eigenvalue weighted by Crippen LogP contribution is 2.23. The number of carbonyl (C=O) groups is 1. The van der Waals surface area contributed by atoms with Crippen molar-refractivity contribution in [3.8, 4) is 11.3 Å². The second-order valence-electron chi connectivity index (χ2n) is 6.67. The molecule has 30 heavy (non-hydrogen) atoms. The number of aromatic nitrogens is 2. The summed E-state index contributed by atoms with van der Waals surface area (Å²) >= 11 is 0. The first-order valence-electron chi connectivity index (χ1n) is 9.15. The van der Waals surface area contributed by atoms with Gasteiger partial charge in [-0.1, -0.05) is 48.5 Å². The Bertz CT molecular complexity index is 1290. The molecule has 0 bridgehead atoms. The van der Waals surface area contributed by atoms with Crippen molar-refractivity contribution < 1.29 is 9.72 Å². The van der Waals surface area contributed by atoms with Crippen molar-refractivity contribution >= 4 is 28.1 Å². The van der Waals surface area contributed by atoms with Gasteiger partial charge in [-0.3, -0.25) is 20.0 Å². The second-order valence-corrected chi connectivity index (χ2v) is 6.67. The van der Waals surface area contributed by atoms with Gasteiger partial charge in [-0.15, -0.1) is 0 Å². The van der Waals surface area contributed by atoms with Crippen LogP contribution in [0.1, 0.15) is 23.0 Å². The first-order valence-corrected chi connectivity index (χ1v) is 9.15. The molecular formula is C22H17N5O3. The fraction of sp³-hybridized carbons (Fsp3) is 0.0455. The lowest BCUT2D eigenvalue weighted by molar-refractivity contribution is -0.384. The van der Waals surface area contributed by atoms with Gasteiger partial charge < -0.3 is 0 Å². The summed E-state index contributed by atoms with van der Waals surface area (Å²) in [6.07, 6.45) is 0. The van der Waals surface area contributed by atoms with Crippen LogP contribution in [0.4, 0.5) is 5.69 Å². The minimum absolute atomic E-state index is 0.0398. The van der Waals surface area contributed by atoms with Crippen LogP contribution in [0.5, 0.6) is 0 Å². The van der Waals surface area contributed by atoms with Crippen LogP contribution in [-0.2, 0) is 0 Å². The second kappa shape index (κ2) is 7.96. The lowest BCUT2D eigenvalue weighted by Gasteiger charge is -2.02. The van der Waals surface area contributed by atoms with Gasteiger partial charge in [0.1, 0.15) is 5.69 Å². The Morgan fingerprint density at radius 3 is 2.63 bits per heavy atom. The molecule has 0 radical (unpaired) electrons. The number of fused-ring (bicyclic) bond motifs is 1. The van der Waals surface area contributed by atoms with Gasteiger partial charge in [-0.05, 0) is 29.8 Å². The van der Waals surface area contributed by atoms with Gasteiger partial charge in [0, 0.05) is 23.3 Å². The third-order valence-electron chi connectivity index (χ3n) is 4.67. The molecule has 8 nitrogen and oxygen atoms in total. The van der Waals surface area contributed by atoms with Gasteiger partial charge in [0.05, 0.1) is 16.3 Å². The number of benzene rings is 3. The van der Waals surface area contributed by atoms with E-state index in [2.05, 4.69) is 20.7 Å². The van der Waals surface area contributed by atoms with Crippen molar-refractivity contribution in [3.05, 3.63) is 94.2 Å². The molecule has 0 aliphatic carbocycles. The summed E-state index contributed by atoms with van der Waals surface area (Å²) in [6.45, 7) is 1.66. The van der Waals surface area contributed by atoms with E-state index in [-0.39, 0.29) is 11.4 Å². The van der Waals surface area contributed by atoms with Gasteiger partial charge in [0.15, 0.2) is 0 Å². The fourth-order valence-electron chi connectivity index (χ4n) is 3.04. The molecule has 4 aromatic rings. The van der Waals surface area contributed by atoms with E-state index in [1.165, 1.54) is 12.1 Å². The SMILES string of the molecule is CC(=NNC(=O)c1cc(-c2ccc3ccccc3c2)n[nH]1)c1cccc([N+](=O)[O-])c1. The molecule has 4 rings (SSSR count). The van der Waals surface area contributed by atoms with Crippen molar-refractivity contribution in [1.82, 2.24) is 15.6 Å². The Balaban J connectivity index is 1.50. The zero-order valence-corrected chi connectivity index (χ0v) is 16.0. The number of hydrazone groups is 1. The van der Waals surface area contributed by atoms with E-state index in [0.717, 1.165) is 16.3 Å². The van der Waals surface area contributed by atoms with Crippen LogP contribution < -0.4 is 5.43 Å². The number of nitro benzene ring substituents is 1. The molecule has 3 aromatic carbocycles. The minimum Gasteiger partial charge on any atom is -0.272 e. The average molecular weight is 399 g/mol. The third kappa shape index (κ3) is 3.93. The molecule has 148 valence electrons. The number of nitrogens with one attached hydrogen (secondary N) is 2. The molecule has 0 unspecified atom stereocenters. The monoisotopic (exact) mass is 399 g/mol. The van der Waals surface area contributed by atoms with Gasteiger partial charge in [0.2, 0.25) is 0 Å². The number of rotatable bonds is 5. The van der Waals surface area contributed by atoms with E-state index in [9.17, 15) is 14.9 Å². The van der Waals surface area contributed by atoms with E-state index < -0.39 is 10.8 Å². The summed E-state index contributed by atoms with van der Waals surface area (Å²) in [6, 6.07) is 21.7. The van der Waals surface area contributed by atoms with Crippen LogP contribution in [0.3, 0.4) is 0 Å². The predicted octanol–water partition coefficient (Wildman–Crippen LogP) is 4.29. The smallest absolute Gasteiger partial charge is 0.272 e. The highest BCUT2D eigenvalue weighted by atomic mass is 16.6. The number of hydrogen-bond acceptors (Lipinski definition) is 5. The Morgan fingerprint density at radius 2 is 1.83 bits per heavy atom. The normalized spacial score (nSPS) is 11.4. The summed E-state index contributed by atoms with van der Waals surface area (Å²) in [5.41, 5.74) is 5.19. The fourth-order valence-corrected chi connectivity index (χ4v) is 3.04. The highest BCUT2D eigenvalue weighted by molar-refractivity contribution is 6.01. The summed E-state index contributed by atoms with van der Waals surface area (Å²) < 4.78 is 0. The summed E-state index contributed by atoms with van der Waals surface area (Å²) in [5.74, 6) is -0.459. The molecule has 1 heterocycles. The number of non-ortho nitro benzene ring substituents is 1. The minimum atomic E-state index is -0.478. The molecule has 2 N–H and O–H groups in total. The molecule has 8 heteroatoms. The van der Waals surface area contributed by atoms with E-state index in [4.69, 9.17) is 0 Å². The van der Waals surface area contributed by atoms with Crippen LogP contribution in [-0.4, -0.2) is 26.7 Å². The topological polar surface area (TPSA) is 113 Å². The lowest BCUT2D eigenvalue weighted by atomic mass is 10.1. The summed E-state index contributed by atoms with van der Waals surface area (Å²) in [4.78, 5) is 22.8. The van der Waals surface area contributed by atoms with Crippen molar-refractivity contribution in [1.29, 1.82) is 0 Å². The largest absolute Gasteiger partial charge is 0.289 e. The van der Waals surface area contributed by atoms with Crippen molar-refractivity contribution in [2.45, 2.75) is 6.92 Å². The zero-order valence-electron chi connectivity index (χ0n) is 16.0. The number of aromatic amines is 1. The number of amides is 1. The summed E-state index contributed by atoms with van der Waals surface area (Å²) in [5, 5.41) is 24.1. The summed E-state index contributed by atoms with van der Waals surface area (Å²) in [7, 11) is 0. The highest BCUT2D eigenvalue weighted by Gasteiger charge is 2.12. The maximum atomic E-state index is 12.4. The molecule has 1 amide bonds. The maximum Gasteiger partial charge on any atom is 0.289 e. The number of nitrogens with zero attached hydrogens (tertiary/aromatic N) is 3. The molecule has 1 aromatic heterocycles. The molecule has 0 saturated heterocycles. The molecule has 0 fully saturated rings. The van der Waals surface area contributed by atoms with Crippen molar-refractivity contribution in [2.75, 3.05) is 0 Å². The van der Waals surface area contributed by atoms with Gasteiger partial charge in [-0.25, -0.2) is 5.43 Å². The first-order chi connectivity index (χ1) is 14.5. The Kier molecular flexibility index (Phi) is 5.04. The van der Waals surface area contributed by atoms with Crippen LogP contribution >= 0.6 is 0 Å². The van der Waals surface area contributed by atoms with Crippen LogP contribution in [0.2, 0.25) is 0 Å². The lowest BCUT2D eigenvalue weighted by Crippen LogP contribution is -2.19. The number of H-pyrrole nitrogens is 1. The van der Waals surface area contributed by atoms with Crippen molar-refractivity contribution in [2.24, 2.45) is 5.10 Å². The zero-order chi connectivity index (χ0) is 21.1. The van der Waals surface area contributed by atoms with E-state index in [1.807, 2.05) is 42.5 Å². The van der Waals surface area contributed by atoms with E-state index in [0.29, 0.717) is 17.0 Å². The van der Waals surface area contributed by atoms with Gasteiger partial charge >= 0.3 is 0 Å². The standard InChI is InChI=1S/C22H17N5O3/c1-14(16-7-4-8-19(12-16)27(29)30)23-26-22(28)21-13-20(24-25-21)18-10-9-15-5-2-3-6-17(15)11-18/h2-13H,1H3,(H,24,25)(H,26,28). The number of carbonyl (C=O) groups excluding carboxylic acids is 1. The van der Waals surface area contributed by atoms with Crippen LogP contribution in [0.15, 0.2) is 77.9 Å². The predicted molar refractivity (Wildman–Crippen MR) is 114 cm³/mol. The number of nitro groups is 1. The maximum absolute atomic E-state index is 12.4. The quantitative estimate of drug-likeness (QED) is 0.296.